The molecule has 1 aliphatic rings. The van der Waals surface area contributed by atoms with Gasteiger partial charge in [0.05, 0.1) is 10.0 Å². The molecule has 0 aliphatic carbocycles. The highest BCUT2D eigenvalue weighted by Crippen LogP contribution is 2.30. The zero-order valence-corrected chi connectivity index (χ0v) is 13.7. The molecule has 0 radical (unpaired) electrons. The SMILES string of the molecule is CC1CN(C)CCN1CCC(N)c1cccc(Cl)c1Cl. The molecule has 2 unspecified atom stereocenters. The van der Waals surface area contributed by atoms with E-state index in [1.165, 1.54) is 0 Å². The lowest BCUT2D eigenvalue weighted by molar-refractivity contribution is 0.0973. The monoisotopic (exact) mass is 315 g/mol. The maximum Gasteiger partial charge on any atom is 0.0640 e. The first kappa shape index (κ1) is 16.1. The Morgan fingerprint density at radius 3 is 2.80 bits per heavy atom. The minimum Gasteiger partial charge on any atom is -0.324 e. The van der Waals surface area contributed by atoms with Gasteiger partial charge >= 0.3 is 0 Å². The lowest BCUT2D eigenvalue weighted by Gasteiger charge is -2.38. The van der Waals surface area contributed by atoms with E-state index >= 15 is 0 Å². The number of piperazine rings is 1. The van der Waals surface area contributed by atoms with Crippen molar-refractivity contribution in [3.05, 3.63) is 33.8 Å². The van der Waals surface area contributed by atoms with Crippen molar-refractivity contribution in [1.29, 1.82) is 0 Å². The Bertz CT molecular complexity index is 453. The standard InChI is InChI=1S/C15H23Cl2N3/c1-11-10-19(2)8-9-20(11)7-6-14(18)12-4-3-5-13(16)15(12)17/h3-5,11,14H,6-10,18H2,1-2H3. The van der Waals surface area contributed by atoms with Crippen molar-refractivity contribution < 1.29 is 0 Å². The Morgan fingerprint density at radius 2 is 2.10 bits per heavy atom. The van der Waals surface area contributed by atoms with Crippen LogP contribution in [0.15, 0.2) is 18.2 Å². The van der Waals surface area contributed by atoms with E-state index in [4.69, 9.17) is 28.9 Å². The summed E-state index contributed by atoms with van der Waals surface area (Å²) in [5, 5.41) is 1.17. The molecule has 112 valence electrons. The van der Waals surface area contributed by atoms with E-state index in [2.05, 4.69) is 23.8 Å². The average Bonchev–Trinajstić information content (AvgIpc) is 2.40. The molecular formula is C15H23Cl2N3. The molecular weight excluding hydrogens is 293 g/mol. The van der Waals surface area contributed by atoms with Crippen molar-refractivity contribution in [2.45, 2.75) is 25.4 Å². The average molecular weight is 316 g/mol. The van der Waals surface area contributed by atoms with E-state index < -0.39 is 0 Å². The predicted octanol–water partition coefficient (Wildman–Crippen LogP) is 3.02. The van der Waals surface area contributed by atoms with Crippen LogP contribution in [-0.4, -0.2) is 49.1 Å². The van der Waals surface area contributed by atoms with E-state index in [1.807, 2.05) is 12.1 Å². The highest BCUT2D eigenvalue weighted by atomic mass is 35.5. The van der Waals surface area contributed by atoms with Crippen molar-refractivity contribution in [3.8, 4) is 0 Å². The van der Waals surface area contributed by atoms with Gasteiger partial charge in [-0.2, -0.15) is 0 Å². The molecule has 1 aliphatic heterocycles. The fraction of sp³-hybridized carbons (Fsp3) is 0.600. The van der Waals surface area contributed by atoms with E-state index in [1.54, 1.807) is 6.07 Å². The van der Waals surface area contributed by atoms with Gasteiger partial charge in [0.15, 0.2) is 0 Å². The molecule has 1 aromatic rings. The largest absolute Gasteiger partial charge is 0.324 e. The summed E-state index contributed by atoms with van der Waals surface area (Å²) >= 11 is 12.3. The number of rotatable bonds is 4. The number of hydrogen-bond donors (Lipinski definition) is 1. The fourth-order valence-corrected chi connectivity index (χ4v) is 3.22. The van der Waals surface area contributed by atoms with Crippen LogP contribution in [0.5, 0.6) is 0 Å². The van der Waals surface area contributed by atoms with Gasteiger partial charge in [-0.05, 0) is 32.0 Å². The van der Waals surface area contributed by atoms with Crippen molar-refractivity contribution in [2.24, 2.45) is 5.73 Å². The molecule has 20 heavy (non-hydrogen) atoms. The van der Waals surface area contributed by atoms with Gasteiger partial charge in [-0.3, -0.25) is 4.90 Å². The second kappa shape index (κ2) is 7.10. The van der Waals surface area contributed by atoms with Crippen molar-refractivity contribution in [2.75, 3.05) is 33.2 Å². The fourth-order valence-electron chi connectivity index (χ4n) is 2.78. The van der Waals surface area contributed by atoms with E-state index in [0.29, 0.717) is 16.1 Å². The van der Waals surface area contributed by atoms with Crippen molar-refractivity contribution >= 4 is 23.2 Å². The lowest BCUT2D eigenvalue weighted by atomic mass is 10.0. The highest BCUT2D eigenvalue weighted by Gasteiger charge is 2.22. The summed E-state index contributed by atoms with van der Waals surface area (Å²) in [5.74, 6) is 0. The van der Waals surface area contributed by atoms with Crippen LogP contribution >= 0.6 is 23.2 Å². The van der Waals surface area contributed by atoms with Gasteiger partial charge in [0.1, 0.15) is 0 Å². The van der Waals surface area contributed by atoms with Crippen LogP contribution in [0.25, 0.3) is 0 Å². The number of halogens is 2. The molecule has 0 bridgehead atoms. The Labute approximate surface area is 131 Å². The second-order valence-electron chi connectivity index (χ2n) is 5.69. The van der Waals surface area contributed by atoms with E-state index in [0.717, 1.165) is 38.2 Å². The summed E-state index contributed by atoms with van der Waals surface area (Å²) in [6.07, 6.45) is 0.897. The number of hydrogen-bond acceptors (Lipinski definition) is 3. The molecule has 2 atom stereocenters. The maximum atomic E-state index is 6.27. The normalized spacial score (nSPS) is 22.9. The molecule has 0 saturated carbocycles. The summed E-state index contributed by atoms with van der Waals surface area (Å²) < 4.78 is 0. The van der Waals surface area contributed by atoms with Crippen LogP contribution in [0.3, 0.4) is 0 Å². The number of likely N-dealkylation sites (N-methyl/N-ethyl adjacent to an activating group) is 1. The number of nitrogens with zero attached hydrogens (tertiary/aromatic N) is 2. The third-order valence-electron chi connectivity index (χ3n) is 4.08. The first-order chi connectivity index (χ1) is 9.49. The molecule has 1 aromatic carbocycles. The van der Waals surface area contributed by atoms with Crippen LogP contribution in [0.4, 0.5) is 0 Å². The van der Waals surface area contributed by atoms with Gasteiger partial charge < -0.3 is 10.6 Å². The van der Waals surface area contributed by atoms with E-state index in [-0.39, 0.29) is 6.04 Å². The summed E-state index contributed by atoms with van der Waals surface area (Å²) in [6, 6.07) is 6.18. The smallest absolute Gasteiger partial charge is 0.0640 e. The second-order valence-corrected chi connectivity index (χ2v) is 6.47. The van der Waals surface area contributed by atoms with Crippen LogP contribution < -0.4 is 5.73 Å². The third-order valence-corrected chi connectivity index (χ3v) is 4.91. The van der Waals surface area contributed by atoms with Gasteiger partial charge in [0, 0.05) is 38.3 Å². The predicted molar refractivity (Wildman–Crippen MR) is 86.5 cm³/mol. The first-order valence-corrected chi connectivity index (χ1v) is 7.86. The van der Waals surface area contributed by atoms with E-state index in [9.17, 15) is 0 Å². The minimum atomic E-state index is -0.0620. The van der Waals surface area contributed by atoms with Gasteiger partial charge in [-0.1, -0.05) is 35.3 Å². The van der Waals surface area contributed by atoms with Gasteiger partial charge in [0.2, 0.25) is 0 Å². The molecule has 1 saturated heterocycles. The molecule has 2 N–H and O–H groups in total. The van der Waals surface area contributed by atoms with Crippen molar-refractivity contribution in [1.82, 2.24) is 9.80 Å². The summed E-state index contributed by atoms with van der Waals surface area (Å²) in [4.78, 5) is 4.87. The minimum absolute atomic E-state index is 0.0620. The molecule has 5 heteroatoms. The van der Waals surface area contributed by atoms with Crippen LogP contribution in [0, 0.1) is 0 Å². The molecule has 0 aromatic heterocycles. The molecule has 0 amide bonds. The van der Waals surface area contributed by atoms with Crippen LogP contribution in [0.2, 0.25) is 10.0 Å². The Balaban J connectivity index is 1.92. The Kier molecular flexibility index (Phi) is 5.70. The molecule has 1 fully saturated rings. The molecule has 0 spiro atoms. The van der Waals surface area contributed by atoms with Crippen LogP contribution in [-0.2, 0) is 0 Å². The number of benzene rings is 1. The van der Waals surface area contributed by atoms with Crippen LogP contribution in [0.1, 0.15) is 24.9 Å². The lowest BCUT2D eigenvalue weighted by Crippen LogP contribution is -2.50. The Morgan fingerprint density at radius 1 is 1.35 bits per heavy atom. The third kappa shape index (κ3) is 3.86. The summed E-state index contributed by atoms with van der Waals surface area (Å²) in [7, 11) is 2.17. The molecule has 2 rings (SSSR count). The van der Waals surface area contributed by atoms with Gasteiger partial charge in [-0.25, -0.2) is 0 Å². The molecule has 3 nitrogen and oxygen atoms in total. The quantitative estimate of drug-likeness (QED) is 0.927. The highest BCUT2D eigenvalue weighted by molar-refractivity contribution is 6.42. The number of nitrogens with two attached hydrogens (primary N) is 1. The zero-order valence-electron chi connectivity index (χ0n) is 12.1. The maximum absolute atomic E-state index is 6.27. The van der Waals surface area contributed by atoms with Crippen molar-refractivity contribution in [3.63, 3.8) is 0 Å². The topological polar surface area (TPSA) is 32.5 Å². The molecule has 1 heterocycles. The zero-order chi connectivity index (χ0) is 14.7. The Hall–Kier alpha value is -0.320. The summed E-state index contributed by atoms with van der Waals surface area (Å²) in [6.45, 7) is 6.62. The summed E-state index contributed by atoms with van der Waals surface area (Å²) in [5.41, 5.74) is 7.22. The first-order valence-electron chi connectivity index (χ1n) is 7.11. The van der Waals surface area contributed by atoms with Gasteiger partial charge in [-0.15, -0.1) is 0 Å². The van der Waals surface area contributed by atoms with Gasteiger partial charge in [0.25, 0.3) is 0 Å².